The van der Waals surface area contributed by atoms with Crippen LogP contribution in [0.4, 0.5) is 28.0 Å². The molecule has 0 aliphatic rings. The van der Waals surface area contributed by atoms with Gasteiger partial charge in [0.2, 0.25) is 5.78 Å². The number of hydrogen-bond acceptors (Lipinski definition) is 3. The molecule has 0 saturated carbocycles. The monoisotopic (exact) mass is 340 g/mol. The molecule has 3 rings (SSSR count). The van der Waals surface area contributed by atoms with Crippen molar-refractivity contribution in [2.45, 2.75) is 6.18 Å². The van der Waals surface area contributed by atoms with Gasteiger partial charge in [0, 0.05) is 29.8 Å². The topological polar surface area (TPSA) is 79.5 Å². The lowest BCUT2D eigenvalue weighted by Crippen LogP contribution is -2.07. The van der Waals surface area contributed by atoms with Gasteiger partial charge in [0.1, 0.15) is 5.82 Å². The molecule has 0 saturated heterocycles. The number of alkyl halides is 3. The fourth-order valence-electron chi connectivity index (χ4n) is 2.08. The first-order chi connectivity index (χ1) is 11.2. The third kappa shape index (κ3) is 2.98. The van der Waals surface area contributed by atoms with Crippen LogP contribution in [-0.4, -0.2) is 25.6 Å². The number of halogens is 4. The summed E-state index contributed by atoms with van der Waals surface area (Å²) in [4.78, 5) is 18.2. The highest BCUT2D eigenvalue weighted by atomic mass is 19.4. The van der Waals surface area contributed by atoms with Crippen molar-refractivity contribution < 1.29 is 27.5 Å². The molecular weight excluding hydrogens is 332 g/mol. The lowest BCUT2D eigenvalue weighted by molar-refractivity contribution is -0.138. The second-order valence-corrected chi connectivity index (χ2v) is 4.80. The van der Waals surface area contributed by atoms with E-state index in [0.717, 1.165) is 16.7 Å². The Labute approximate surface area is 131 Å². The molecule has 2 aromatic heterocycles. The van der Waals surface area contributed by atoms with Gasteiger partial charge in [0.15, 0.2) is 0 Å². The number of rotatable bonds is 2. The van der Waals surface area contributed by atoms with Gasteiger partial charge >= 0.3 is 12.3 Å². The van der Waals surface area contributed by atoms with Crippen molar-refractivity contribution in [3.8, 4) is 11.3 Å². The van der Waals surface area contributed by atoms with Crippen LogP contribution >= 0.6 is 0 Å². The first-order valence-electron chi connectivity index (χ1n) is 6.46. The van der Waals surface area contributed by atoms with E-state index in [1.165, 1.54) is 18.3 Å². The van der Waals surface area contributed by atoms with E-state index in [-0.39, 0.29) is 22.7 Å². The Morgan fingerprint density at radius 3 is 2.67 bits per heavy atom. The highest BCUT2D eigenvalue weighted by molar-refractivity contribution is 5.84. The molecule has 1 amide bonds. The van der Waals surface area contributed by atoms with Crippen molar-refractivity contribution >= 4 is 17.6 Å². The molecule has 2 N–H and O–H groups in total. The minimum Gasteiger partial charge on any atom is -0.465 e. The zero-order valence-corrected chi connectivity index (χ0v) is 11.7. The maximum atomic E-state index is 14.0. The van der Waals surface area contributed by atoms with E-state index in [2.05, 4.69) is 15.3 Å². The van der Waals surface area contributed by atoms with Crippen LogP contribution < -0.4 is 5.32 Å². The van der Waals surface area contributed by atoms with E-state index in [9.17, 15) is 22.4 Å². The Kier molecular flexibility index (Phi) is 3.59. The average Bonchev–Trinajstić information content (AvgIpc) is 2.90. The molecule has 2 heterocycles. The zero-order valence-electron chi connectivity index (χ0n) is 11.7. The van der Waals surface area contributed by atoms with Gasteiger partial charge in [-0.1, -0.05) is 0 Å². The van der Waals surface area contributed by atoms with Gasteiger partial charge < -0.3 is 5.11 Å². The fraction of sp³-hybridized carbons (Fsp3) is 0.0714. The van der Waals surface area contributed by atoms with Crippen molar-refractivity contribution in [2.24, 2.45) is 0 Å². The third-order valence-electron chi connectivity index (χ3n) is 3.13. The molecule has 1 aromatic carbocycles. The summed E-state index contributed by atoms with van der Waals surface area (Å²) in [6, 6.07) is 3.43. The van der Waals surface area contributed by atoms with Crippen molar-refractivity contribution in [2.75, 3.05) is 5.32 Å². The minimum absolute atomic E-state index is 0.0216. The van der Waals surface area contributed by atoms with Gasteiger partial charge in [-0.3, -0.25) is 9.72 Å². The first kappa shape index (κ1) is 15.7. The number of hydrogen-bond donors (Lipinski definition) is 2. The van der Waals surface area contributed by atoms with Gasteiger partial charge in [-0.2, -0.15) is 13.2 Å². The summed E-state index contributed by atoms with van der Waals surface area (Å²) in [5.74, 6) is -0.751. The molecule has 0 unspecified atom stereocenters. The van der Waals surface area contributed by atoms with Crippen molar-refractivity contribution in [1.82, 2.24) is 14.4 Å². The van der Waals surface area contributed by atoms with E-state index in [0.29, 0.717) is 6.20 Å². The van der Waals surface area contributed by atoms with Crippen LogP contribution in [0.3, 0.4) is 0 Å². The summed E-state index contributed by atoms with van der Waals surface area (Å²) in [6.07, 6.45) is -3.30. The molecule has 0 aliphatic carbocycles. The van der Waals surface area contributed by atoms with Gasteiger partial charge in [-0.15, -0.1) is 0 Å². The summed E-state index contributed by atoms with van der Waals surface area (Å²) in [5.41, 5.74) is -0.922. The van der Waals surface area contributed by atoms with E-state index < -0.39 is 23.7 Å². The van der Waals surface area contributed by atoms with E-state index in [1.807, 2.05) is 0 Å². The summed E-state index contributed by atoms with van der Waals surface area (Å²) in [5, 5.41) is 10.7. The van der Waals surface area contributed by atoms with Crippen molar-refractivity contribution in [1.29, 1.82) is 0 Å². The Hall–Kier alpha value is -3.17. The van der Waals surface area contributed by atoms with E-state index >= 15 is 0 Å². The normalized spacial score (nSPS) is 11.7. The van der Waals surface area contributed by atoms with Crippen molar-refractivity contribution in [3.05, 3.63) is 48.2 Å². The fourth-order valence-corrected chi connectivity index (χ4v) is 2.08. The Morgan fingerprint density at radius 1 is 1.25 bits per heavy atom. The highest BCUT2D eigenvalue weighted by Gasteiger charge is 2.31. The molecule has 6 nitrogen and oxygen atoms in total. The number of nitrogens with zero attached hydrogens (tertiary/aromatic N) is 3. The molecule has 24 heavy (non-hydrogen) atoms. The second kappa shape index (κ2) is 5.48. The summed E-state index contributed by atoms with van der Waals surface area (Å²) in [6.45, 7) is 0. The number of anilines is 1. The van der Waals surface area contributed by atoms with Crippen LogP contribution in [0.5, 0.6) is 0 Å². The second-order valence-electron chi connectivity index (χ2n) is 4.80. The number of aromatic nitrogens is 3. The number of carboxylic acid groups (broad SMARTS) is 1. The quantitative estimate of drug-likeness (QED) is 0.698. The number of fused-ring (bicyclic) bond motifs is 1. The summed E-state index contributed by atoms with van der Waals surface area (Å²) in [7, 11) is 0. The van der Waals surface area contributed by atoms with Gasteiger partial charge in [0.05, 0.1) is 11.3 Å². The maximum Gasteiger partial charge on any atom is 0.419 e. The summed E-state index contributed by atoms with van der Waals surface area (Å²) < 4.78 is 53.0. The molecule has 124 valence electrons. The molecule has 0 aliphatic heterocycles. The number of carbonyl (C=O) groups is 1. The SMILES string of the molecule is O=C(O)Nc1ccc(F)c(-c2cn3cc(C(F)(F)F)cnc3n2)c1. The van der Waals surface area contributed by atoms with Gasteiger partial charge in [-0.05, 0) is 18.2 Å². The van der Waals surface area contributed by atoms with Crippen LogP contribution in [0.25, 0.3) is 17.0 Å². The predicted molar refractivity (Wildman–Crippen MR) is 75.0 cm³/mol. The number of imidazole rings is 1. The molecule has 0 fully saturated rings. The third-order valence-corrected chi connectivity index (χ3v) is 3.13. The number of nitrogens with one attached hydrogen (secondary N) is 1. The van der Waals surface area contributed by atoms with Crippen molar-refractivity contribution in [3.63, 3.8) is 0 Å². The molecule has 0 atom stereocenters. The average molecular weight is 340 g/mol. The first-order valence-corrected chi connectivity index (χ1v) is 6.46. The van der Waals surface area contributed by atoms with E-state index in [4.69, 9.17) is 5.11 Å². The largest absolute Gasteiger partial charge is 0.465 e. The predicted octanol–water partition coefficient (Wildman–Crippen LogP) is 3.64. The smallest absolute Gasteiger partial charge is 0.419 e. The molecule has 3 aromatic rings. The molecular formula is C14H8F4N4O2. The molecule has 10 heteroatoms. The van der Waals surface area contributed by atoms with Crippen LogP contribution in [0, 0.1) is 5.82 Å². The lowest BCUT2D eigenvalue weighted by atomic mass is 10.1. The zero-order chi connectivity index (χ0) is 17.5. The Bertz CT molecular complexity index is 936. The highest BCUT2D eigenvalue weighted by Crippen LogP contribution is 2.30. The van der Waals surface area contributed by atoms with Crippen LogP contribution in [0.15, 0.2) is 36.8 Å². The minimum atomic E-state index is -4.57. The van der Waals surface area contributed by atoms with Crippen LogP contribution in [0.1, 0.15) is 5.56 Å². The molecule has 0 bridgehead atoms. The summed E-state index contributed by atoms with van der Waals surface area (Å²) >= 11 is 0. The molecule has 0 radical (unpaired) electrons. The Balaban J connectivity index is 2.08. The van der Waals surface area contributed by atoms with Crippen LogP contribution in [0.2, 0.25) is 0 Å². The maximum absolute atomic E-state index is 14.0. The standard InChI is InChI=1S/C14H8F4N4O2/c15-10-2-1-8(20-13(23)24)3-9(10)11-6-22-5-7(14(16,17)18)4-19-12(22)21-11/h1-6,20H,(H,23,24). The number of amides is 1. The van der Waals surface area contributed by atoms with E-state index in [1.54, 1.807) is 0 Å². The van der Waals surface area contributed by atoms with Crippen LogP contribution in [-0.2, 0) is 6.18 Å². The molecule has 0 spiro atoms. The van der Waals surface area contributed by atoms with Gasteiger partial charge in [0.25, 0.3) is 0 Å². The number of benzene rings is 1. The lowest BCUT2D eigenvalue weighted by Gasteiger charge is -2.05. The van der Waals surface area contributed by atoms with Gasteiger partial charge in [-0.25, -0.2) is 19.2 Å². The Morgan fingerprint density at radius 2 is 2.00 bits per heavy atom.